The Balaban J connectivity index is 1.41. The van der Waals surface area contributed by atoms with Gasteiger partial charge in [0.15, 0.2) is 0 Å². The van der Waals surface area contributed by atoms with Gasteiger partial charge in [0.25, 0.3) is 0 Å². The minimum Gasteiger partial charge on any atom is -0.493 e. The first kappa shape index (κ1) is 21.8. The Labute approximate surface area is 194 Å². The first-order valence-corrected chi connectivity index (χ1v) is 11.3. The second-order valence-corrected chi connectivity index (χ2v) is 8.65. The van der Waals surface area contributed by atoms with Crippen molar-refractivity contribution < 1.29 is 13.9 Å². The van der Waals surface area contributed by atoms with Gasteiger partial charge >= 0.3 is 0 Å². The Morgan fingerprint density at radius 1 is 1.16 bits per heavy atom. The Morgan fingerprint density at radius 2 is 1.94 bits per heavy atom. The molecule has 1 amide bonds. The first-order chi connectivity index (χ1) is 15.0. The summed E-state index contributed by atoms with van der Waals surface area (Å²) in [6.07, 6.45) is 3.60. The molecule has 0 aliphatic carbocycles. The second-order valence-electron chi connectivity index (χ2n) is 7.33. The van der Waals surface area contributed by atoms with Crippen LogP contribution in [0, 0.1) is 5.82 Å². The number of carbonyl (C=O) groups is 1. The van der Waals surface area contributed by atoms with E-state index >= 15 is 0 Å². The van der Waals surface area contributed by atoms with E-state index in [1.807, 2.05) is 36.5 Å². The summed E-state index contributed by atoms with van der Waals surface area (Å²) in [5.74, 6) is 0.154. The number of amides is 1. The van der Waals surface area contributed by atoms with E-state index < -0.39 is 5.38 Å². The number of aromatic nitrogens is 1. The fourth-order valence-electron chi connectivity index (χ4n) is 3.56. The summed E-state index contributed by atoms with van der Waals surface area (Å²) in [5, 5.41) is -0.666. The fraction of sp³-hybridized carbons (Fsp3) is 0.250. The van der Waals surface area contributed by atoms with Crippen LogP contribution in [0.5, 0.6) is 5.75 Å². The normalized spacial score (nSPS) is 18.1. The van der Waals surface area contributed by atoms with Crippen LogP contribution in [0.25, 0.3) is 0 Å². The number of hydrogen-bond acceptors (Lipinski definition) is 3. The van der Waals surface area contributed by atoms with Gasteiger partial charge in [0.2, 0.25) is 5.91 Å². The van der Waals surface area contributed by atoms with Gasteiger partial charge in [-0.3, -0.25) is 9.78 Å². The predicted molar refractivity (Wildman–Crippen MR) is 123 cm³/mol. The van der Waals surface area contributed by atoms with Crippen LogP contribution in [-0.2, 0) is 17.6 Å². The van der Waals surface area contributed by atoms with Gasteiger partial charge < -0.3 is 9.64 Å². The number of β-lactam (4-membered cyclic amide) rings is 1. The molecule has 2 aromatic carbocycles. The summed E-state index contributed by atoms with van der Waals surface area (Å²) < 4.78 is 19.8. The third-order valence-corrected chi connectivity index (χ3v) is 6.40. The van der Waals surface area contributed by atoms with Crippen LogP contribution < -0.4 is 9.64 Å². The topological polar surface area (TPSA) is 42.4 Å². The van der Waals surface area contributed by atoms with Gasteiger partial charge in [-0.15, -0.1) is 11.6 Å². The maximum absolute atomic E-state index is 13.4. The van der Waals surface area contributed by atoms with Gasteiger partial charge in [0, 0.05) is 22.8 Å². The summed E-state index contributed by atoms with van der Waals surface area (Å²) >= 11 is 9.66. The molecule has 2 unspecified atom stereocenters. The highest BCUT2D eigenvalue weighted by Gasteiger charge is 2.48. The number of halogens is 3. The summed E-state index contributed by atoms with van der Waals surface area (Å²) in [6, 6.07) is 15.6. The van der Waals surface area contributed by atoms with Crippen molar-refractivity contribution in [1.82, 2.24) is 4.98 Å². The van der Waals surface area contributed by atoms with Crippen LogP contribution in [0.2, 0.25) is 0 Å². The van der Waals surface area contributed by atoms with Gasteiger partial charge in [-0.1, -0.05) is 25.1 Å². The summed E-state index contributed by atoms with van der Waals surface area (Å²) in [5.41, 5.74) is 3.69. The van der Waals surface area contributed by atoms with E-state index in [1.165, 1.54) is 17.7 Å². The van der Waals surface area contributed by atoms with Gasteiger partial charge in [0.05, 0.1) is 18.3 Å². The monoisotopic (exact) mass is 502 g/mol. The average Bonchev–Trinajstić information content (AvgIpc) is 2.79. The number of benzene rings is 2. The standard InChI is InChI=1S/C24H21BrClFN2O2/c1-2-15-3-7-18(28-14-15)11-12-31-19-8-4-16(5-9-19)23-22(26)24(30)29(23)21-10-6-17(27)13-20(21)25/h3-10,13-14,22-23H,2,11-12H2,1H3. The SMILES string of the molecule is CCc1ccc(CCOc2ccc(C3C(Cl)C(=O)N3c3ccc(F)cc3Br)cc2)nc1. The van der Waals surface area contributed by atoms with E-state index in [4.69, 9.17) is 16.3 Å². The molecule has 4 nitrogen and oxygen atoms in total. The molecule has 1 aliphatic heterocycles. The lowest BCUT2D eigenvalue weighted by Crippen LogP contribution is -2.56. The van der Waals surface area contributed by atoms with Crippen molar-refractivity contribution in [2.45, 2.75) is 31.2 Å². The quantitative estimate of drug-likeness (QED) is 0.299. The molecular weight excluding hydrogens is 483 g/mol. The maximum Gasteiger partial charge on any atom is 0.248 e. The van der Waals surface area contributed by atoms with Gasteiger partial charge in [-0.2, -0.15) is 0 Å². The van der Waals surface area contributed by atoms with Crippen LogP contribution in [0.1, 0.15) is 29.8 Å². The molecule has 31 heavy (non-hydrogen) atoms. The highest BCUT2D eigenvalue weighted by Crippen LogP contribution is 2.44. The lowest BCUT2D eigenvalue weighted by atomic mass is 9.92. The molecule has 3 aromatic rings. The molecule has 0 bridgehead atoms. The highest BCUT2D eigenvalue weighted by molar-refractivity contribution is 9.10. The molecule has 0 saturated carbocycles. The average molecular weight is 504 g/mol. The van der Waals surface area contributed by atoms with Crippen molar-refractivity contribution in [3.05, 3.63) is 87.9 Å². The number of pyridine rings is 1. The minimum absolute atomic E-state index is 0.208. The molecule has 7 heteroatoms. The van der Waals surface area contributed by atoms with Gasteiger partial charge in [-0.05, 0) is 69.9 Å². The minimum atomic E-state index is -0.666. The van der Waals surface area contributed by atoms with Gasteiger partial charge in [0.1, 0.15) is 16.9 Å². The fourth-order valence-corrected chi connectivity index (χ4v) is 4.47. The van der Waals surface area contributed by atoms with Crippen molar-refractivity contribution >= 4 is 39.1 Å². The van der Waals surface area contributed by atoms with E-state index in [0.717, 1.165) is 29.8 Å². The Hall–Kier alpha value is -2.44. The summed E-state index contributed by atoms with van der Waals surface area (Å²) in [4.78, 5) is 18.4. The predicted octanol–water partition coefficient (Wildman–Crippen LogP) is 5.86. The molecule has 160 valence electrons. The van der Waals surface area contributed by atoms with Crippen LogP contribution in [0.4, 0.5) is 10.1 Å². The Bertz CT molecular complexity index is 1080. The molecule has 1 aliphatic rings. The van der Waals surface area contributed by atoms with Crippen LogP contribution in [0.3, 0.4) is 0 Å². The van der Waals surface area contributed by atoms with Crippen molar-refractivity contribution in [2.75, 3.05) is 11.5 Å². The number of alkyl halides is 1. The number of rotatable bonds is 7. The van der Waals surface area contributed by atoms with Crippen molar-refractivity contribution in [3.63, 3.8) is 0 Å². The molecule has 0 spiro atoms. The van der Waals surface area contributed by atoms with Crippen LogP contribution in [0.15, 0.2) is 65.3 Å². The number of carbonyl (C=O) groups excluding carboxylic acids is 1. The molecule has 1 saturated heterocycles. The number of anilines is 1. The number of nitrogens with zero attached hydrogens (tertiary/aromatic N) is 2. The lowest BCUT2D eigenvalue weighted by molar-refractivity contribution is -0.123. The second kappa shape index (κ2) is 9.37. The molecular formula is C24H21BrClFN2O2. The summed E-state index contributed by atoms with van der Waals surface area (Å²) in [7, 11) is 0. The maximum atomic E-state index is 13.4. The number of ether oxygens (including phenoxy) is 1. The van der Waals surface area contributed by atoms with Crippen LogP contribution >= 0.6 is 27.5 Å². The first-order valence-electron chi connectivity index (χ1n) is 10.1. The van der Waals surface area contributed by atoms with E-state index in [0.29, 0.717) is 16.8 Å². The third-order valence-electron chi connectivity index (χ3n) is 5.34. The van der Waals surface area contributed by atoms with Crippen molar-refractivity contribution in [3.8, 4) is 5.75 Å². The molecule has 2 atom stereocenters. The zero-order valence-corrected chi connectivity index (χ0v) is 19.2. The molecule has 1 fully saturated rings. The van der Waals surface area contributed by atoms with E-state index in [-0.39, 0.29) is 17.8 Å². The molecule has 2 heterocycles. The molecule has 0 radical (unpaired) electrons. The molecule has 0 N–H and O–H groups in total. The zero-order valence-electron chi connectivity index (χ0n) is 16.9. The Morgan fingerprint density at radius 3 is 2.58 bits per heavy atom. The Kier molecular flexibility index (Phi) is 6.58. The molecule has 4 rings (SSSR count). The zero-order chi connectivity index (χ0) is 22.0. The van der Waals surface area contributed by atoms with E-state index in [2.05, 4.69) is 33.9 Å². The summed E-state index contributed by atoms with van der Waals surface area (Å²) in [6.45, 7) is 2.62. The van der Waals surface area contributed by atoms with Gasteiger partial charge in [-0.25, -0.2) is 4.39 Å². The van der Waals surface area contributed by atoms with Crippen LogP contribution in [-0.4, -0.2) is 22.9 Å². The number of aryl methyl sites for hydroxylation is 1. The van der Waals surface area contributed by atoms with E-state index in [9.17, 15) is 9.18 Å². The largest absolute Gasteiger partial charge is 0.493 e. The lowest BCUT2D eigenvalue weighted by Gasteiger charge is -2.45. The smallest absolute Gasteiger partial charge is 0.248 e. The molecule has 1 aromatic heterocycles. The van der Waals surface area contributed by atoms with Crippen molar-refractivity contribution in [2.24, 2.45) is 0 Å². The third kappa shape index (κ3) is 4.60. The highest BCUT2D eigenvalue weighted by atomic mass is 79.9. The number of hydrogen-bond donors (Lipinski definition) is 0. The van der Waals surface area contributed by atoms with E-state index in [1.54, 1.807) is 11.0 Å². The van der Waals surface area contributed by atoms with Crippen molar-refractivity contribution in [1.29, 1.82) is 0 Å².